The molecule has 0 unspecified atom stereocenters. The molecule has 1 aliphatic heterocycles. The second-order valence-electron chi connectivity index (χ2n) is 7.22. The monoisotopic (exact) mass is 420 g/mol. The number of likely N-dealkylation sites (N-methyl/N-ethyl adjacent to an activating group) is 1. The van der Waals surface area contributed by atoms with E-state index in [1.165, 1.54) is 38.5 Å². The van der Waals surface area contributed by atoms with E-state index in [2.05, 4.69) is 5.32 Å². The summed E-state index contributed by atoms with van der Waals surface area (Å²) in [5.74, 6) is -1.13. The Morgan fingerprint density at radius 3 is 1.97 bits per heavy atom. The van der Waals surface area contributed by atoms with Crippen molar-refractivity contribution in [2.45, 2.75) is 70.0 Å². The van der Waals surface area contributed by atoms with E-state index < -0.39 is 23.1 Å². The molecule has 0 bridgehead atoms. The quantitative estimate of drug-likeness (QED) is 0.690. The topological polar surface area (TPSA) is 64.3 Å². The highest BCUT2D eigenvalue weighted by Gasteiger charge is 2.37. The number of alkyl halides is 3. The van der Waals surface area contributed by atoms with Gasteiger partial charge in [-0.3, -0.25) is 4.79 Å². The lowest BCUT2D eigenvalue weighted by Gasteiger charge is -2.34. The van der Waals surface area contributed by atoms with Crippen LogP contribution in [-0.4, -0.2) is 31.2 Å². The summed E-state index contributed by atoms with van der Waals surface area (Å²) in [4.78, 5) is 11.2. The highest BCUT2D eigenvalue weighted by Crippen LogP contribution is 2.29. The molecule has 1 saturated carbocycles. The second kappa shape index (κ2) is 12.8. The molecule has 0 atom stereocenters. The molecule has 1 saturated heterocycles. The number of ether oxygens (including phenoxy) is 1. The first-order valence-corrected chi connectivity index (χ1v) is 10.2. The van der Waals surface area contributed by atoms with Crippen molar-refractivity contribution in [2.24, 2.45) is 5.73 Å². The first kappa shape index (κ1) is 25.4. The van der Waals surface area contributed by atoms with E-state index in [0.29, 0.717) is 32.1 Å². The highest BCUT2D eigenvalue weighted by atomic mass is 19.4. The van der Waals surface area contributed by atoms with Crippen LogP contribution < -0.4 is 11.1 Å². The van der Waals surface area contributed by atoms with Gasteiger partial charge in [0.1, 0.15) is 11.4 Å². The van der Waals surface area contributed by atoms with E-state index in [1.54, 1.807) is 0 Å². The number of nitrogens with one attached hydrogen (secondary N) is 1. The molecular formula is C21H32F4N2O2. The molecule has 3 N–H and O–H groups in total. The average molecular weight is 420 g/mol. The fourth-order valence-corrected chi connectivity index (χ4v) is 3.29. The Balaban J connectivity index is 0.000000229. The van der Waals surface area contributed by atoms with Gasteiger partial charge in [0.05, 0.1) is 5.56 Å². The van der Waals surface area contributed by atoms with Gasteiger partial charge in [-0.05, 0) is 37.6 Å². The molecule has 4 nitrogen and oxygen atoms in total. The van der Waals surface area contributed by atoms with Crippen LogP contribution in [0.25, 0.3) is 0 Å². The number of amides is 1. The fraction of sp³-hybridized carbons (Fsp3) is 0.667. The molecule has 1 amide bonds. The predicted octanol–water partition coefficient (Wildman–Crippen LogP) is 4.82. The molecule has 1 aromatic rings. The Labute approximate surface area is 170 Å². The predicted molar refractivity (Wildman–Crippen MR) is 105 cm³/mol. The molecule has 1 heterocycles. The normalized spacial score (nSPS) is 18.5. The Morgan fingerprint density at radius 2 is 1.62 bits per heavy atom. The van der Waals surface area contributed by atoms with Crippen molar-refractivity contribution >= 4 is 5.91 Å². The summed E-state index contributed by atoms with van der Waals surface area (Å²) in [7, 11) is 0. The van der Waals surface area contributed by atoms with E-state index in [1.807, 2.05) is 6.92 Å². The summed E-state index contributed by atoms with van der Waals surface area (Å²) < 4.78 is 52.8. The fourth-order valence-electron chi connectivity index (χ4n) is 3.29. The molecule has 3 rings (SSSR count). The third-order valence-corrected chi connectivity index (χ3v) is 4.99. The van der Waals surface area contributed by atoms with Crippen molar-refractivity contribution in [2.75, 3.05) is 19.8 Å². The van der Waals surface area contributed by atoms with Gasteiger partial charge in [0, 0.05) is 13.2 Å². The van der Waals surface area contributed by atoms with Gasteiger partial charge in [-0.2, -0.15) is 13.2 Å². The largest absolute Gasteiger partial charge is 0.416 e. The summed E-state index contributed by atoms with van der Waals surface area (Å²) in [6.45, 7) is 3.98. The van der Waals surface area contributed by atoms with Crippen LogP contribution in [0.2, 0.25) is 0 Å². The highest BCUT2D eigenvalue weighted by molar-refractivity contribution is 5.84. The van der Waals surface area contributed by atoms with Gasteiger partial charge in [-0.15, -0.1) is 0 Å². The van der Waals surface area contributed by atoms with Crippen LogP contribution in [-0.2, 0) is 15.7 Å². The molecule has 1 aliphatic carbocycles. The van der Waals surface area contributed by atoms with E-state index in [0.717, 1.165) is 24.7 Å². The molecule has 0 radical (unpaired) electrons. The number of carbonyl (C=O) groups is 1. The molecule has 8 heteroatoms. The van der Waals surface area contributed by atoms with Crippen LogP contribution in [0.5, 0.6) is 0 Å². The Hall–Kier alpha value is -1.67. The number of benzene rings is 1. The number of carbonyl (C=O) groups excluding carboxylic acids is 1. The van der Waals surface area contributed by atoms with Crippen LogP contribution in [0.3, 0.4) is 0 Å². The summed E-state index contributed by atoms with van der Waals surface area (Å²) in [6, 6.07) is 3.27. The summed E-state index contributed by atoms with van der Waals surface area (Å²) in [5, 5.41) is 3.14. The van der Waals surface area contributed by atoms with E-state index in [4.69, 9.17) is 10.5 Å². The number of hydrogen-bond acceptors (Lipinski definition) is 3. The van der Waals surface area contributed by atoms with Crippen molar-refractivity contribution in [3.8, 4) is 0 Å². The van der Waals surface area contributed by atoms with Crippen molar-refractivity contribution in [3.63, 3.8) is 0 Å². The van der Waals surface area contributed by atoms with Crippen LogP contribution in [0.15, 0.2) is 24.3 Å². The number of rotatable bonds is 3. The summed E-state index contributed by atoms with van der Waals surface area (Å²) in [6.07, 6.45) is 5.93. The van der Waals surface area contributed by atoms with Crippen molar-refractivity contribution in [1.29, 1.82) is 0 Å². The minimum atomic E-state index is -4.46. The number of hydrogen-bond donors (Lipinski definition) is 2. The lowest BCUT2D eigenvalue weighted by atomic mass is 9.89. The van der Waals surface area contributed by atoms with Gasteiger partial charge in [0.2, 0.25) is 5.91 Å². The maximum atomic E-state index is 12.2. The van der Waals surface area contributed by atoms with E-state index in [-0.39, 0.29) is 5.91 Å². The maximum Gasteiger partial charge on any atom is 0.416 e. The SMILES string of the molecule is C1CCCCC1.CCNC1(C(N)=O)CCOCC1.Fc1cccc(C(F)(F)F)c1. The van der Waals surface area contributed by atoms with Gasteiger partial charge in [-0.1, -0.05) is 51.5 Å². The molecule has 2 fully saturated rings. The standard InChI is InChI=1S/C8H16N2O2.C7H4F4.C6H12/c1-2-10-8(7(9)11)3-5-12-6-4-8;8-6-3-1-2-5(4-6)7(9,10)11;1-2-4-6-5-3-1/h10H,2-6H2,1H3,(H2,9,11);1-4H;1-6H2. The Bertz CT molecular complexity index is 582. The maximum absolute atomic E-state index is 12.2. The second-order valence-corrected chi connectivity index (χ2v) is 7.22. The van der Waals surface area contributed by atoms with Gasteiger partial charge in [0.15, 0.2) is 0 Å². The van der Waals surface area contributed by atoms with Gasteiger partial charge in [0.25, 0.3) is 0 Å². The zero-order chi connectivity index (χ0) is 21.8. The molecular weight excluding hydrogens is 388 g/mol. The number of primary amides is 1. The van der Waals surface area contributed by atoms with E-state index in [9.17, 15) is 22.4 Å². The lowest BCUT2D eigenvalue weighted by Crippen LogP contribution is -2.58. The number of nitrogens with two attached hydrogens (primary N) is 1. The van der Waals surface area contributed by atoms with Crippen LogP contribution in [0.4, 0.5) is 17.6 Å². The number of halogens is 4. The van der Waals surface area contributed by atoms with Crippen molar-refractivity contribution in [3.05, 3.63) is 35.6 Å². The molecule has 0 spiro atoms. The molecule has 29 heavy (non-hydrogen) atoms. The third kappa shape index (κ3) is 9.58. The molecule has 0 aromatic heterocycles. The lowest BCUT2D eigenvalue weighted by molar-refractivity contribution is -0.137. The zero-order valence-corrected chi connectivity index (χ0v) is 17.0. The smallest absolute Gasteiger partial charge is 0.381 e. The van der Waals surface area contributed by atoms with Gasteiger partial charge in [-0.25, -0.2) is 4.39 Å². The summed E-state index contributed by atoms with van der Waals surface area (Å²) in [5.41, 5.74) is 3.86. The molecule has 1 aromatic carbocycles. The molecule has 166 valence electrons. The van der Waals surface area contributed by atoms with Crippen molar-refractivity contribution in [1.82, 2.24) is 5.32 Å². The van der Waals surface area contributed by atoms with Crippen LogP contribution in [0, 0.1) is 5.82 Å². The molecule has 2 aliphatic rings. The summed E-state index contributed by atoms with van der Waals surface area (Å²) >= 11 is 0. The van der Waals surface area contributed by atoms with Gasteiger partial charge >= 0.3 is 6.18 Å². The van der Waals surface area contributed by atoms with Gasteiger partial charge < -0.3 is 15.8 Å². The minimum Gasteiger partial charge on any atom is -0.381 e. The van der Waals surface area contributed by atoms with Crippen molar-refractivity contribution < 1.29 is 27.1 Å². The minimum absolute atomic E-state index is 0.257. The first-order valence-electron chi connectivity index (χ1n) is 10.2. The average Bonchev–Trinajstić information content (AvgIpc) is 2.70. The van der Waals surface area contributed by atoms with Crippen LogP contribution >= 0.6 is 0 Å². The van der Waals surface area contributed by atoms with E-state index >= 15 is 0 Å². The Kier molecular flexibility index (Phi) is 11.2. The van der Waals surface area contributed by atoms with Crippen LogP contribution in [0.1, 0.15) is 63.9 Å². The third-order valence-electron chi connectivity index (χ3n) is 4.99. The first-order chi connectivity index (χ1) is 13.7. The zero-order valence-electron chi connectivity index (χ0n) is 17.0. The Morgan fingerprint density at radius 1 is 1.10 bits per heavy atom.